The van der Waals surface area contributed by atoms with Gasteiger partial charge in [0.2, 0.25) is 15.9 Å². The first kappa shape index (κ1) is 13.6. The molecule has 1 amide bonds. The molecule has 0 unspecified atom stereocenters. The minimum Gasteiger partial charge on any atom is -0.323 e. The number of rotatable bonds is 4. The lowest BCUT2D eigenvalue weighted by molar-refractivity contribution is -0.116. The minimum atomic E-state index is -3.32. The van der Waals surface area contributed by atoms with Crippen molar-refractivity contribution in [3.63, 3.8) is 0 Å². The Balaban J connectivity index is 2.59. The molecule has 1 N–H and O–H groups in total. The van der Waals surface area contributed by atoms with E-state index in [0.29, 0.717) is 5.69 Å². The third-order valence-corrected chi connectivity index (χ3v) is 4.77. The fourth-order valence-corrected chi connectivity index (χ4v) is 2.37. The van der Waals surface area contributed by atoms with Crippen LogP contribution in [0.25, 0.3) is 0 Å². The van der Waals surface area contributed by atoms with Crippen molar-refractivity contribution in [1.82, 2.24) is 4.31 Å². The summed E-state index contributed by atoms with van der Waals surface area (Å²) >= 11 is 4.71. The average Bonchev–Trinajstić information content (AvgIpc) is 2.50. The van der Waals surface area contributed by atoms with E-state index in [-0.39, 0.29) is 12.5 Å². The number of hydrogen-bond acceptors (Lipinski definition) is 4. The Morgan fingerprint density at radius 1 is 1.62 bits per heavy atom. The number of halogens is 1. The van der Waals surface area contributed by atoms with Crippen LogP contribution in [0.15, 0.2) is 15.2 Å². The van der Waals surface area contributed by atoms with E-state index in [4.69, 9.17) is 0 Å². The van der Waals surface area contributed by atoms with E-state index < -0.39 is 10.0 Å². The number of sulfonamides is 1. The summed E-state index contributed by atoms with van der Waals surface area (Å²) < 4.78 is 23.9. The molecule has 1 rings (SSSR count). The van der Waals surface area contributed by atoms with E-state index in [1.807, 2.05) is 5.38 Å². The number of carbonyl (C=O) groups excluding carboxylic acids is 1. The van der Waals surface area contributed by atoms with Crippen molar-refractivity contribution in [3.05, 3.63) is 15.2 Å². The monoisotopic (exact) mass is 326 g/mol. The Morgan fingerprint density at radius 3 is 2.69 bits per heavy atom. The quantitative estimate of drug-likeness (QED) is 0.908. The molecular formula is C8H11BrN2O3S2. The maximum absolute atomic E-state index is 11.5. The van der Waals surface area contributed by atoms with Crippen LogP contribution in [0.1, 0.15) is 0 Å². The standard InChI is InChI=1S/C8H11BrN2O3S2/c1-11(16(2,13)14)5-7(12)10-6-3-4-15-8(6)9/h3-4H,5H2,1-2H3,(H,10,12). The zero-order valence-corrected chi connectivity index (χ0v) is 11.9. The summed E-state index contributed by atoms with van der Waals surface area (Å²) in [6.07, 6.45) is 1.06. The summed E-state index contributed by atoms with van der Waals surface area (Å²) in [6.45, 7) is -0.193. The smallest absolute Gasteiger partial charge is 0.239 e. The van der Waals surface area contributed by atoms with Crippen LogP contribution in [0, 0.1) is 0 Å². The number of nitrogens with one attached hydrogen (secondary N) is 1. The Hall–Kier alpha value is -0.440. The fraction of sp³-hybridized carbons (Fsp3) is 0.375. The van der Waals surface area contributed by atoms with Gasteiger partial charge in [-0.05, 0) is 27.4 Å². The van der Waals surface area contributed by atoms with Gasteiger partial charge in [0.05, 0.1) is 22.3 Å². The van der Waals surface area contributed by atoms with Gasteiger partial charge in [0, 0.05) is 7.05 Å². The summed E-state index contributed by atoms with van der Waals surface area (Å²) in [5.41, 5.74) is 0.650. The molecule has 1 aromatic heterocycles. The number of anilines is 1. The number of nitrogens with zero attached hydrogens (tertiary/aromatic N) is 1. The van der Waals surface area contributed by atoms with Gasteiger partial charge in [-0.15, -0.1) is 11.3 Å². The zero-order chi connectivity index (χ0) is 12.3. The minimum absolute atomic E-state index is 0.193. The van der Waals surface area contributed by atoms with Gasteiger partial charge in [-0.3, -0.25) is 4.79 Å². The molecule has 0 aliphatic rings. The average molecular weight is 327 g/mol. The molecule has 1 heterocycles. The molecule has 0 fully saturated rings. The maximum Gasteiger partial charge on any atom is 0.239 e. The SMILES string of the molecule is CN(CC(=O)Nc1ccsc1Br)S(C)(=O)=O. The normalized spacial score (nSPS) is 11.8. The molecule has 0 atom stereocenters. The van der Waals surface area contributed by atoms with Gasteiger partial charge in [-0.1, -0.05) is 0 Å². The first-order chi connectivity index (χ1) is 7.30. The van der Waals surface area contributed by atoms with E-state index in [9.17, 15) is 13.2 Å². The van der Waals surface area contributed by atoms with Crippen molar-refractivity contribution in [2.75, 3.05) is 25.2 Å². The molecule has 8 heteroatoms. The van der Waals surface area contributed by atoms with E-state index in [2.05, 4.69) is 21.2 Å². The van der Waals surface area contributed by atoms with Gasteiger partial charge in [-0.25, -0.2) is 8.42 Å². The van der Waals surface area contributed by atoms with Crippen molar-refractivity contribution in [2.24, 2.45) is 0 Å². The van der Waals surface area contributed by atoms with E-state index in [0.717, 1.165) is 14.3 Å². The molecule has 5 nitrogen and oxygen atoms in total. The van der Waals surface area contributed by atoms with Crippen LogP contribution in [0.4, 0.5) is 5.69 Å². The second-order valence-electron chi connectivity index (χ2n) is 3.18. The largest absolute Gasteiger partial charge is 0.323 e. The summed E-state index contributed by atoms with van der Waals surface area (Å²) in [5, 5.41) is 4.43. The first-order valence-corrected chi connectivity index (χ1v) is 7.77. The molecule has 0 radical (unpaired) electrons. The van der Waals surface area contributed by atoms with Gasteiger partial charge >= 0.3 is 0 Å². The highest BCUT2D eigenvalue weighted by atomic mass is 79.9. The highest BCUT2D eigenvalue weighted by Crippen LogP contribution is 2.28. The van der Waals surface area contributed by atoms with Gasteiger partial charge in [-0.2, -0.15) is 4.31 Å². The molecule has 0 aromatic carbocycles. The number of carbonyl (C=O) groups is 1. The summed E-state index contributed by atoms with van der Waals surface area (Å²) in [6, 6.07) is 1.74. The second kappa shape index (κ2) is 5.26. The Morgan fingerprint density at radius 2 is 2.25 bits per heavy atom. The highest BCUT2D eigenvalue weighted by Gasteiger charge is 2.15. The van der Waals surface area contributed by atoms with Gasteiger partial charge in [0.1, 0.15) is 0 Å². The molecule has 0 saturated heterocycles. The van der Waals surface area contributed by atoms with E-state index >= 15 is 0 Å². The van der Waals surface area contributed by atoms with Crippen molar-refractivity contribution >= 4 is 48.9 Å². The molecule has 16 heavy (non-hydrogen) atoms. The Kier molecular flexibility index (Phi) is 4.48. The van der Waals surface area contributed by atoms with Crippen LogP contribution in [0.3, 0.4) is 0 Å². The molecular weight excluding hydrogens is 316 g/mol. The summed E-state index contributed by atoms with van der Waals surface area (Å²) in [5.74, 6) is -0.368. The molecule has 0 aliphatic carbocycles. The van der Waals surface area contributed by atoms with E-state index in [1.54, 1.807) is 6.07 Å². The lowest BCUT2D eigenvalue weighted by Crippen LogP contribution is -2.34. The third-order valence-electron chi connectivity index (χ3n) is 1.82. The Bertz CT molecular complexity index is 483. The number of hydrogen-bond donors (Lipinski definition) is 1. The van der Waals surface area contributed by atoms with Crippen LogP contribution in [0.5, 0.6) is 0 Å². The van der Waals surface area contributed by atoms with Crippen molar-refractivity contribution < 1.29 is 13.2 Å². The third kappa shape index (κ3) is 3.85. The van der Waals surface area contributed by atoms with Gasteiger partial charge in [0.25, 0.3) is 0 Å². The predicted octanol–water partition coefficient (Wildman–Crippen LogP) is 1.34. The van der Waals surface area contributed by atoms with Crippen LogP contribution in [-0.2, 0) is 14.8 Å². The second-order valence-corrected chi connectivity index (χ2v) is 7.50. The predicted molar refractivity (Wildman–Crippen MR) is 68.1 cm³/mol. The highest BCUT2D eigenvalue weighted by molar-refractivity contribution is 9.11. The zero-order valence-electron chi connectivity index (χ0n) is 8.73. The van der Waals surface area contributed by atoms with Crippen LogP contribution in [0.2, 0.25) is 0 Å². The van der Waals surface area contributed by atoms with Gasteiger partial charge < -0.3 is 5.32 Å². The van der Waals surface area contributed by atoms with Crippen molar-refractivity contribution in [3.8, 4) is 0 Å². The van der Waals surface area contributed by atoms with Crippen molar-refractivity contribution in [1.29, 1.82) is 0 Å². The molecule has 0 spiro atoms. The first-order valence-electron chi connectivity index (χ1n) is 4.25. The lowest BCUT2D eigenvalue weighted by atomic mass is 10.5. The summed E-state index contributed by atoms with van der Waals surface area (Å²) in [4.78, 5) is 11.5. The summed E-state index contributed by atoms with van der Waals surface area (Å²) in [7, 11) is -1.96. The van der Waals surface area contributed by atoms with E-state index in [1.165, 1.54) is 18.4 Å². The van der Waals surface area contributed by atoms with Gasteiger partial charge in [0.15, 0.2) is 0 Å². The van der Waals surface area contributed by atoms with Crippen LogP contribution >= 0.6 is 27.3 Å². The molecule has 0 bridgehead atoms. The number of amides is 1. The molecule has 90 valence electrons. The van der Waals surface area contributed by atoms with Crippen LogP contribution < -0.4 is 5.32 Å². The molecule has 0 aliphatic heterocycles. The van der Waals surface area contributed by atoms with Crippen molar-refractivity contribution in [2.45, 2.75) is 0 Å². The topological polar surface area (TPSA) is 66.5 Å². The molecule has 1 aromatic rings. The molecule has 0 saturated carbocycles. The lowest BCUT2D eigenvalue weighted by Gasteiger charge is -2.13. The Labute approximate surface area is 107 Å². The number of thiophene rings is 1. The number of likely N-dealkylation sites (N-methyl/N-ethyl adjacent to an activating group) is 1. The van der Waals surface area contributed by atoms with Crippen LogP contribution in [-0.4, -0.2) is 38.5 Å². The maximum atomic E-state index is 11.5. The fourth-order valence-electron chi connectivity index (χ4n) is 0.891.